The molecule has 0 saturated carbocycles. The number of nitrogens with one attached hydrogen (secondary N) is 1. The van der Waals surface area contributed by atoms with E-state index in [0.29, 0.717) is 24.0 Å². The molecule has 6 heteroatoms. The largest absolute Gasteiger partial charge is 0.423 e. The first kappa shape index (κ1) is 18.3. The summed E-state index contributed by atoms with van der Waals surface area (Å²) in [6.45, 7) is 2.49. The first-order valence-corrected chi connectivity index (χ1v) is 9.76. The Morgan fingerprint density at radius 2 is 1.96 bits per heavy atom. The Labute approximate surface area is 165 Å². The van der Waals surface area contributed by atoms with Crippen molar-refractivity contribution in [2.24, 2.45) is 5.92 Å². The van der Waals surface area contributed by atoms with Crippen LogP contribution in [0.2, 0.25) is 0 Å². The number of benzene rings is 2. The number of aromatic nitrogens is 1. The van der Waals surface area contributed by atoms with Crippen LogP contribution in [0.1, 0.15) is 23.2 Å². The van der Waals surface area contributed by atoms with Gasteiger partial charge in [0.2, 0.25) is 0 Å². The van der Waals surface area contributed by atoms with Gasteiger partial charge in [0.25, 0.3) is 11.9 Å². The van der Waals surface area contributed by atoms with Crippen molar-refractivity contribution in [3.8, 4) is 0 Å². The number of fused-ring (bicyclic) bond motifs is 1. The van der Waals surface area contributed by atoms with Crippen molar-refractivity contribution in [3.05, 3.63) is 54.1 Å². The molecule has 0 atom stereocenters. The lowest BCUT2D eigenvalue weighted by Gasteiger charge is -2.30. The standard InChI is InChI=1S/C22H26N4O2/c1-25(2)18-7-5-6-17(14-18)21(27)23-15-16-10-12-26(13-11-16)22-24-19-8-3-4-9-20(19)28-22/h3-9,14,16H,10-13,15H2,1-2H3,(H,23,27). The predicted octanol–water partition coefficient (Wildman–Crippen LogP) is 3.54. The number of rotatable bonds is 5. The van der Waals surface area contributed by atoms with Gasteiger partial charge in [0, 0.05) is 45.0 Å². The van der Waals surface area contributed by atoms with Gasteiger partial charge in [-0.25, -0.2) is 0 Å². The number of para-hydroxylation sites is 2. The summed E-state index contributed by atoms with van der Waals surface area (Å²) in [7, 11) is 3.95. The normalized spacial score (nSPS) is 15.0. The van der Waals surface area contributed by atoms with Crippen molar-refractivity contribution in [1.29, 1.82) is 0 Å². The number of nitrogens with zero attached hydrogens (tertiary/aromatic N) is 3. The topological polar surface area (TPSA) is 61.6 Å². The highest BCUT2D eigenvalue weighted by atomic mass is 16.4. The third-order valence-corrected chi connectivity index (χ3v) is 5.34. The quantitative estimate of drug-likeness (QED) is 0.736. The fourth-order valence-electron chi connectivity index (χ4n) is 3.59. The maximum atomic E-state index is 12.5. The molecule has 2 aromatic carbocycles. The van der Waals surface area contributed by atoms with E-state index >= 15 is 0 Å². The number of carbonyl (C=O) groups is 1. The van der Waals surface area contributed by atoms with Crippen LogP contribution < -0.4 is 15.1 Å². The molecule has 0 unspecified atom stereocenters. The number of oxazole rings is 1. The fraction of sp³-hybridized carbons (Fsp3) is 0.364. The maximum absolute atomic E-state index is 12.5. The Morgan fingerprint density at radius 3 is 2.71 bits per heavy atom. The molecule has 28 heavy (non-hydrogen) atoms. The third-order valence-electron chi connectivity index (χ3n) is 5.34. The Morgan fingerprint density at radius 1 is 1.18 bits per heavy atom. The van der Waals surface area contributed by atoms with Crippen LogP contribution >= 0.6 is 0 Å². The minimum absolute atomic E-state index is 0.00918. The van der Waals surface area contributed by atoms with Gasteiger partial charge in [-0.2, -0.15) is 4.98 Å². The summed E-state index contributed by atoms with van der Waals surface area (Å²) in [5.74, 6) is 0.465. The molecule has 1 aromatic heterocycles. The molecule has 146 valence electrons. The average Bonchev–Trinajstić information content (AvgIpc) is 3.16. The molecule has 1 aliphatic heterocycles. The molecule has 1 amide bonds. The van der Waals surface area contributed by atoms with Crippen molar-refractivity contribution in [2.75, 3.05) is 43.5 Å². The molecule has 4 rings (SSSR count). The SMILES string of the molecule is CN(C)c1cccc(C(=O)NCC2CCN(c3nc4ccccc4o3)CC2)c1. The maximum Gasteiger partial charge on any atom is 0.298 e. The second-order valence-corrected chi connectivity index (χ2v) is 7.55. The third kappa shape index (κ3) is 3.96. The van der Waals surface area contributed by atoms with E-state index in [2.05, 4.69) is 15.2 Å². The van der Waals surface area contributed by atoms with Crippen LogP contribution in [0.3, 0.4) is 0 Å². The number of piperidine rings is 1. The fourth-order valence-corrected chi connectivity index (χ4v) is 3.59. The number of amides is 1. The Hall–Kier alpha value is -3.02. The monoisotopic (exact) mass is 378 g/mol. The number of anilines is 2. The lowest BCUT2D eigenvalue weighted by molar-refractivity contribution is 0.0945. The number of carbonyl (C=O) groups excluding carboxylic acids is 1. The first-order valence-electron chi connectivity index (χ1n) is 9.76. The molecule has 0 aliphatic carbocycles. The van der Waals surface area contributed by atoms with Crippen LogP contribution in [0.25, 0.3) is 11.1 Å². The van der Waals surface area contributed by atoms with Crippen molar-refractivity contribution < 1.29 is 9.21 Å². The van der Waals surface area contributed by atoms with Crippen LogP contribution in [-0.2, 0) is 0 Å². The molecular formula is C22H26N4O2. The molecule has 0 spiro atoms. The van der Waals surface area contributed by atoms with Gasteiger partial charge in [0.05, 0.1) is 0 Å². The van der Waals surface area contributed by atoms with Crippen molar-refractivity contribution >= 4 is 28.7 Å². The molecule has 3 aromatic rings. The average molecular weight is 378 g/mol. The molecule has 1 aliphatic rings. The van der Waals surface area contributed by atoms with Gasteiger partial charge in [-0.05, 0) is 49.1 Å². The zero-order valence-corrected chi connectivity index (χ0v) is 16.4. The predicted molar refractivity (Wildman–Crippen MR) is 112 cm³/mol. The second kappa shape index (κ2) is 7.92. The van der Waals surface area contributed by atoms with Gasteiger partial charge in [-0.1, -0.05) is 18.2 Å². The summed E-state index contributed by atoms with van der Waals surface area (Å²) >= 11 is 0. The van der Waals surface area contributed by atoms with Gasteiger partial charge in [-0.3, -0.25) is 4.79 Å². The molecule has 0 bridgehead atoms. The van der Waals surface area contributed by atoms with Gasteiger partial charge in [0.1, 0.15) is 5.52 Å². The summed E-state index contributed by atoms with van der Waals surface area (Å²) in [5, 5.41) is 3.10. The minimum Gasteiger partial charge on any atom is -0.423 e. The number of hydrogen-bond acceptors (Lipinski definition) is 5. The summed E-state index contributed by atoms with van der Waals surface area (Å²) in [6, 6.07) is 16.2. The van der Waals surface area contributed by atoms with E-state index in [1.54, 1.807) is 0 Å². The zero-order chi connectivity index (χ0) is 19.5. The van der Waals surface area contributed by atoms with Crippen molar-refractivity contribution in [1.82, 2.24) is 10.3 Å². The van der Waals surface area contributed by atoms with E-state index < -0.39 is 0 Å². The van der Waals surface area contributed by atoms with Crippen LogP contribution in [0.4, 0.5) is 11.7 Å². The molecule has 0 radical (unpaired) electrons. The van der Waals surface area contributed by atoms with Gasteiger partial charge in [0.15, 0.2) is 5.58 Å². The summed E-state index contributed by atoms with van der Waals surface area (Å²) in [5.41, 5.74) is 3.45. The highest BCUT2D eigenvalue weighted by Crippen LogP contribution is 2.26. The van der Waals surface area contributed by atoms with Crippen LogP contribution in [0, 0.1) is 5.92 Å². The zero-order valence-electron chi connectivity index (χ0n) is 16.4. The minimum atomic E-state index is -0.00918. The van der Waals surface area contributed by atoms with Gasteiger partial charge >= 0.3 is 0 Å². The molecule has 1 saturated heterocycles. The summed E-state index contributed by atoms with van der Waals surface area (Å²) in [6.07, 6.45) is 2.02. The highest BCUT2D eigenvalue weighted by molar-refractivity contribution is 5.95. The van der Waals surface area contributed by atoms with Crippen LogP contribution in [-0.4, -0.2) is 44.6 Å². The number of hydrogen-bond donors (Lipinski definition) is 1. The lowest BCUT2D eigenvalue weighted by atomic mass is 9.97. The summed E-state index contributed by atoms with van der Waals surface area (Å²) in [4.78, 5) is 21.3. The van der Waals surface area contributed by atoms with E-state index in [1.807, 2.05) is 67.5 Å². The van der Waals surface area contributed by atoms with E-state index in [1.165, 1.54) is 0 Å². The first-order chi connectivity index (χ1) is 13.6. The second-order valence-electron chi connectivity index (χ2n) is 7.55. The Balaban J connectivity index is 1.29. The van der Waals surface area contributed by atoms with Crippen molar-refractivity contribution in [3.63, 3.8) is 0 Å². The Bertz CT molecular complexity index is 925. The van der Waals surface area contributed by atoms with E-state index in [-0.39, 0.29) is 5.91 Å². The summed E-state index contributed by atoms with van der Waals surface area (Å²) < 4.78 is 5.87. The van der Waals surface area contributed by atoms with E-state index in [4.69, 9.17) is 4.42 Å². The Kier molecular flexibility index (Phi) is 5.19. The lowest BCUT2D eigenvalue weighted by Crippen LogP contribution is -2.38. The van der Waals surface area contributed by atoms with Crippen LogP contribution in [0.15, 0.2) is 52.9 Å². The molecule has 2 heterocycles. The van der Waals surface area contributed by atoms with Gasteiger partial charge < -0.3 is 19.5 Å². The molecule has 1 fully saturated rings. The smallest absolute Gasteiger partial charge is 0.298 e. The van der Waals surface area contributed by atoms with Crippen molar-refractivity contribution in [2.45, 2.75) is 12.8 Å². The highest BCUT2D eigenvalue weighted by Gasteiger charge is 2.23. The van der Waals surface area contributed by atoms with Gasteiger partial charge in [-0.15, -0.1) is 0 Å². The molecule has 1 N–H and O–H groups in total. The van der Waals surface area contributed by atoms with E-state index in [9.17, 15) is 4.79 Å². The molecular weight excluding hydrogens is 352 g/mol. The van der Waals surface area contributed by atoms with E-state index in [0.717, 1.165) is 42.7 Å². The van der Waals surface area contributed by atoms with Crippen LogP contribution in [0.5, 0.6) is 0 Å². The molecule has 6 nitrogen and oxygen atoms in total.